The molecule has 4 heteroatoms. The molecule has 0 unspecified atom stereocenters. The van der Waals surface area contributed by atoms with Crippen LogP contribution in [0, 0.1) is 0 Å². The summed E-state index contributed by atoms with van der Waals surface area (Å²) in [7, 11) is 0. The molecule has 0 radical (unpaired) electrons. The Hall–Kier alpha value is -1.58. The number of ether oxygens (including phenoxy) is 2. The maximum atomic E-state index is 11.2. The maximum Gasteiger partial charge on any atom is 0.334 e. The summed E-state index contributed by atoms with van der Waals surface area (Å²) in [6.45, 7) is 7.38. The summed E-state index contributed by atoms with van der Waals surface area (Å²) in [4.78, 5) is 22.2. The molecule has 0 rings (SSSR count). The minimum absolute atomic E-state index is 0.0607. The minimum Gasteiger partial charge on any atom is -0.494 e. The number of ketones is 1. The minimum atomic E-state index is -0.474. The molecule has 0 aromatic carbocycles. The highest BCUT2D eigenvalue weighted by molar-refractivity contribution is 5.93. The number of allylic oxidation sites excluding steroid dienone is 2. The highest BCUT2D eigenvalue weighted by Gasteiger charge is 2.03. The summed E-state index contributed by atoms with van der Waals surface area (Å²) in [5, 5.41) is 0. The van der Waals surface area contributed by atoms with E-state index in [9.17, 15) is 9.59 Å². The Bertz CT molecular complexity index is 313. The van der Waals surface area contributed by atoms with E-state index >= 15 is 0 Å². The molecule has 0 aromatic heterocycles. The van der Waals surface area contributed by atoms with Crippen LogP contribution >= 0.6 is 0 Å². The predicted molar refractivity (Wildman–Crippen MR) is 60.8 cm³/mol. The van der Waals surface area contributed by atoms with Crippen molar-refractivity contribution >= 4 is 11.8 Å². The van der Waals surface area contributed by atoms with Gasteiger partial charge in [-0.05, 0) is 39.3 Å². The van der Waals surface area contributed by atoms with Crippen LogP contribution in [0.2, 0.25) is 0 Å². The van der Waals surface area contributed by atoms with Crippen molar-refractivity contribution in [3.8, 4) is 0 Å². The van der Waals surface area contributed by atoms with Crippen LogP contribution < -0.4 is 0 Å². The van der Waals surface area contributed by atoms with Crippen molar-refractivity contribution < 1.29 is 19.1 Å². The van der Waals surface area contributed by atoms with E-state index in [-0.39, 0.29) is 5.78 Å². The lowest BCUT2D eigenvalue weighted by Gasteiger charge is -2.05. The lowest BCUT2D eigenvalue weighted by atomic mass is 10.2. The molecule has 0 atom stereocenters. The van der Waals surface area contributed by atoms with Gasteiger partial charge in [-0.1, -0.05) is 0 Å². The van der Waals surface area contributed by atoms with Gasteiger partial charge in [0.1, 0.15) is 5.76 Å². The molecule has 0 amide bonds. The van der Waals surface area contributed by atoms with E-state index in [0.717, 1.165) is 0 Å². The fourth-order valence-electron chi connectivity index (χ4n) is 0.907. The van der Waals surface area contributed by atoms with E-state index in [1.165, 1.54) is 19.1 Å². The molecule has 0 fully saturated rings. The van der Waals surface area contributed by atoms with Crippen molar-refractivity contribution in [2.24, 2.45) is 0 Å². The quantitative estimate of drug-likeness (QED) is 0.301. The molecule has 4 nitrogen and oxygen atoms in total. The van der Waals surface area contributed by atoms with E-state index in [2.05, 4.69) is 0 Å². The Kier molecular flexibility index (Phi) is 6.92. The van der Waals surface area contributed by atoms with Crippen molar-refractivity contribution in [1.82, 2.24) is 0 Å². The van der Waals surface area contributed by atoms with E-state index in [0.29, 0.717) is 24.5 Å². The van der Waals surface area contributed by atoms with Gasteiger partial charge in [0.2, 0.25) is 0 Å². The number of carbonyl (C=O) groups is 2. The molecule has 0 bridgehead atoms. The largest absolute Gasteiger partial charge is 0.494 e. The molecule has 0 N–H and O–H groups in total. The van der Waals surface area contributed by atoms with Crippen LogP contribution in [0.1, 0.15) is 27.7 Å². The first kappa shape index (κ1) is 14.4. The molecule has 90 valence electrons. The maximum absolute atomic E-state index is 11.2. The van der Waals surface area contributed by atoms with Crippen LogP contribution in [0.15, 0.2) is 23.5 Å². The van der Waals surface area contributed by atoms with Gasteiger partial charge in [0.25, 0.3) is 0 Å². The van der Waals surface area contributed by atoms with Gasteiger partial charge in [-0.25, -0.2) is 4.79 Å². The molecule has 0 aliphatic rings. The SMILES string of the molecule is CCOC(=O)/C=C(\C=C(/C)C(C)=O)OCC. The summed E-state index contributed by atoms with van der Waals surface area (Å²) in [6, 6.07) is 0. The monoisotopic (exact) mass is 226 g/mol. The van der Waals surface area contributed by atoms with Crippen LogP contribution in [0.5, 0.6) is 0 Å². The lowest BCUT2D eigenvalue weighted by Crippen LogP contribution is -2.03. The molecular formula is C12H18O4. The first-order valence-electron chi connectivity index (χ1n) is 5.21. The molecular weight excluding hydrogens is 208 g/mol. The van der Waals surface area contributed by atoms with Crippen LogP contribution in [-0.2, 0) is 19.1 Å². The second-order valence-corrected chi connectivity index (χ2v) is 3.12. The van der Waals surface area contributed by atoms with Gasteiger partial charge in [-0.15, -0.1) is 0 Å². The van der Waals surface area contributed by atoms with Gasteiger partial charge in [-0.3, -0.25) is 4.79 Å². The molecule has 0 heterocycles. The van der Waals surface area contributed by atoms with Crippen molar-refractivity contribution in [2.45, 2.75) is 27.7 Å². The van der Waals surface area contributed by atoms with E-state index in [4.69, 9.17) is 9.47 Å². The average Bonchev–Trinajstić information content (AvgIpc) is 2.17. The number of Topliss-reactive ketones (excluding diaryl/α,β-unsaturated/α-hetero) is 1. The third kappa shape index (κ3) is 6.01. The summed E-state index contributed by atoms with van der Waals surface area (Å²) in [5.74, 6) is -0.193. The summed E-state index contributed by atoms with van der Waals surface area (Å²) in [5.41, 5.74) is 0.531. The van der Waals surface area contributed by atoms with Crippen molar-refractivity contribution in [3.05, 3.63) is 23.5 Å². The highest BCUT2D eigenvalue weighted by atomic mass is 16.5. The van der Waals surface area contributed by atoms with Crippen LogP contribution in [-0.4, -0.2) is 25.0 Å². The van der Waals surface area contributed by atoms with E-state index in [1.807, 2.05) is 0 Å². The molecule has 0 aromatic rings. The topological polar surface area (TPSA) is 52.6 Å². The van der Waals surface area contributed by atoms with Crippen molar-refractivity contribution in [1.29, 1.82) is 0 Å². The fraction of sp³-hybridized carbons (Fsp3) is 0.500. The van der Waals surface area contributed by atoms with Crippen molar-refractivity contribution in [2.75, 3.05) is 13.2 Å². The first-order valence-corrected chi connectivity index (χ1v) is 5.21. The average molecular weight is 226 g/mol. The molecule has 0 aliphatic heterocycles. The standard InChI is InChI=1S/C12H18O4/c1-5-15-11(7-9(3)10(4)13)8-12(14)16-6-2/h7-8H,5-6H2,1-4H3/b9-7+,11-8+. The van der Waals surface area contributed by atoms with Crippen molar-refractivity contribution in [3.63, 3.8) is 0 Å². The van der Waals surface area contributed by atoms with Gasteiger partial charge in [-0.2, -0.15) is 0 Å². The Balaban J connectivity index is 4.79. The smallest absolute Gasteiger partial charge is 0.334 e. The number of carbonyl (C=O) groups excluding carboxylic acids is 2. The third-order valence-corrected chi connectivity index (χ3v) is 1.77. The molecule has 0 aliphatic carbocycles. The van der Waals surface area contributed by atoms with Gasteiger partial charge >= 0.3 is 5.97 Å². The Labute approximate surface area is 95.9 Å². The Morgan fingerprint density at radius 1 is 1.00 bits per heavy atom. The highest BCUT2D eigenvalue weighted by Crippen LogP contribution is 2.06. The van der Waals surface area contributed by atoms with Crippen LogP contribution in [0.4, 0.5) is 0 Å². The summed E-state index contributed by atoms with van der Waals surface area (Å²) >= 11 is 0. The van der Waals surface area contributed by atoms with E-state index < -0.39 is 5.97 Å². The number of esters is 1. The van der Waals surface area contributed by atoms with Gasteiger partial charge in [0, 0.05) is 0 Å². The van der Waals surface area contributed by atoms with Crippen LogP contribution in [0.25, 0.3) is 0 Å². The van der Waals surface area contributed by atoms with Gasteiger partial charge in [0.05, 0.1) is 19.3 Å². The Morgan fingerprint density at radius 3 is 2.00 bits per heavy atom. The van der Waals surface area contributed by atoms with Crippen LogP contribution in [0.3, 0.4) is 0 Å². The predicted octanol–water partition coefficient (Wildman–Crippen LogP) is 2.01. The third-order valence-electron chi connectivity index (χ3n) is 1.77. The molecule has 0 saturated heterocycles. The van der Waals surface area contributed by atoms with Gasteiger partial charge < -0.3 is 9.47 Å². The molecule has 0 spiro atoms. The zero-order chi connectivity index (χ0) is 12.6. The Morgan fingerprint density at radius 2 is 1.56 bits per heavy atom. The summed E-state index contributed by atoms with van der Waals surface area (Å²) in [6.07, 6.45) is 2.77. The zero-order valence-electron chi connectivity index (χ0n) is 10.2. The lowest BCUT2D eigenvalue weighted by molar-refractivity contribution is -0.137. The molecule has 0 saturated carbocycles. The zero-order valence-corrected chi connectivity index (χ0v) is 10.2. The summed E-state index contributed by atoms with van der Waals surface area (Å²) < 4.78 is 9.96. The second-order valence-electron chi connectivity index (χ2n) is 3.12. The second kappa shape index (κ2) is 7.68. The van der Waals surface area contributed by atoms with Gasteiger partial charge in [0.15, 0.2) is 5.78 Å². The van der Waals surface area contributed by atoms with E-state index in [1.54, 1.807) is 20.8 Å². The fourth-order valence-corrected chi connectivity index (χ4v) is 0.907. The first-order chi connectivity index (χ1) is 7.51. The molecule has 16 heavy (non-hydrogen) atoms. The normalized spacial score (nSPS) is 12.2. The number of hydrogen-bond donors (Lipinski definition) is 0. The number of rotatable bonds is 6. The number of hydrogen-bond acceptors (Lipinski definition) is 4.